The van der Waals surface area contributed by atoms with Crippen molar-refractivity contribution in [2.75, 3.05) is 0 Å². The van der Waals surface area contributed by atoms with Gasteiger partial charge in [-0.2, -0.15) is 0 Å². The van der Waals surface area contributed by atoms with Gasteiger partial charge in [-0.05, 0) is 12.0 Å². The van der Waals surface area contributed by atoms with Crippen molar-refractivity contribution in [3.8, 4) is 0 Å². The number of carboxylic acids is 1. The molecule has 3 aromatic carbocycles. The first-order valence-electron chi connectivity index (χ1n) is 8.08. The molecule has 0 bridgehead atoms. The summed E-state index contributed by atoms with van der Waals surface area (Å²) < 4.78 is 14.1. The van der Waals surface area contributed by atoms with Crippen LogP contribution in [0.5, 0.6) is 0 Å². The fourth-order valence-electron chi connectivity index (χ4n) is 3.01. The lowest BCUT2D eigenvalue weighted by Gasteiger charge is -2.29. The van der Waals surface area contributed by atoms with Gasteiger partial charge in [-0.3, -0.25) is 0 Å². The molecule has 0 aliphatic heterocycles. The van der Waals surface area contributed by atoms with Crippen molar-refractivity contribution in [1.29, 1.82) is 0 Å². The van der Waals surface area contributed by atoms with Crippen LogP contribution in [0.1, 0.15) is 5.56 Å². The lowest BCUT2D eigenvalue weighted by Crippen LogP contribution is -2.41. The van der Waals surface area contributed by atoms with Gasteiger partial charge in [0.1, 0.15) is 0 Å². The molecule has 25 heavy (non-hydrogen) atoms. The van der Waals surface area contributed by atoms with Crippen molar-refractivity contribution >= 4 is 23.7 Å². The first kappa shape index (κ1) is 17.2. The van der Waals surface area contributed by atoms with E-state index in [0.717, 1.165) is 5.56 Å². The Kier molecular flexibility index (Phi) is 5.16. The van der Waals surface area contributed by atoms with Gasteiger partial charge in [-0.25, -0.2) is 0 Å². The molecule has 0 heterocycles. The number of carbonyl (C=O) groups excluding carboxylic acids is 1. The van der Waals surface area contributed by atoms with E-state index >= 15 is 0 Å². The van der Waals surface area contributed by atoms with Gasteiger partial charge in [0.2, 0.25) is 0 Å². The van der Waals surface area contributed by atoms with Crippen LogP contribution in [-0.2, 0) is 15.8 Å². The van der Waals surface area contributed by atoms with E-state index in [9.17, 15) is 14.5 Å². The molecule has 0 aliphatic carbocycles. The standard InChI is InChI=1S/C21H19O3P/c22-21(23)20(16-17-10-4-1-5-11-17)25(24,18-12-6-2-7-13-18)19-14-8-3-9-15-19/h1-15,20H,16H2,(H,22,23)/p-1. The fraction of sp³-hybridized carbons (Fsp3) is 0.0952. The Balaban J connectivity index is 2.15. The second kappa shape index (κ2) is 7.50. The average Bonchev–Trinajstić information content (AvgIpc) is 2.67. The van der Waals surface area contributed by atoms with Gasteiger partial charge in [0.05, 0.1) is 11.6 Å². The zero-order valence-corrected chi connectivity index (χ0v) is 14.5. The van der Waals surface area contributed by atoms with E-state index in [1.165, 1.54) is 0 Å². The summed E-state index contributed by atoms with van der Waals surface area (Å²) in [5.41, 5.74) is -0.302. The fourth-order valence-corrected chi connectivity index (χ4v) is 6.02. The molecule has 3 rings (SSSR count). The molecule has 0 aromatic heterocycles. The summed E-state index contributed by atoms with van der Waals surface area (Å²) >= 11 is 0. The van der Waals surface area contributed by atoms with Gasteiger partial charge in [-0.1, -0.05) is 91.0 Å². The minimum Gasteiger partial charge on any atom is -0.549 e. The molecule has 0 saturated carbocycles. The molecule has 1 atom stereocenters. The first-order chi connectivity index (χ1) is 12.1. The van der Waals surface area contributed by atoms with Gasteiger partial charge in [0, 0.05) is 10.6 Å². The van der Waals surface area contributed by atoms with Crippen molar-refractivity contribution in [3.63, 3.8) is 0 Å². The largest absolute Gasteiger partial charge is 0.549 e. The van der Waals surface area contributed by atoms with E-state index < -0.39 is 18.8 Å². The van der Waals surface area contributed by atoms with Crippen LogP contribution in [0.4, 0.5) is 0 Å². The van der Waals surface area contributed by atoms with Crippen molar-refractivity contribution < 1.29 is 14.5 Å². The third kappa shape index (κ3) is 3.57. The molecule has 0 fully saturated rings. The van der Waals surface area contributed by atoms with Crippen LogP contribution >= 0.6 is 7.14 Å². The number of carbonyl (C=O) groups is 1. The molecule has 126 valence electrons. The molecule has 0 spiro atoms. The molecule has 0 amide bonds. The maximum atomic E-state index is 14.1. The number of carboxylic acid groups (broad SMARTS) is 1. The van der Waals surface area contributed by atoms with E-state index in [-0.39, 0.29) is 6.42 Å². The number of aliphatic carboxylic acids is 1. The summed E-state index contributed by atoms with van der Waals surface area (Å²) in [4.78, 5) is 12.0. The third-order valence-electron chi connectivity index (χ3n) is 4.26. The Bertz CT molecular complexity index is 833. The summed E-state index contributed by atoms with van der Waals surface area (Å²) in [5, 5.41) is 13.1. The summed E-state index contributed by atoms with van der Waals surface area (Å²) in [6.07, 6.45) is 0.157. The van der Waals surface area contributed by atoms with Gasteiger partial charge in [0.15, 0.2) is 7.14 Å². The predicted molar refractivity (Wildman–Crippen MR) is 98.7 cm³/mol. The van der Waals surface area contributed by atoms with E-state index in [0.29, 0.717) is 10.6 Å². The van der Waals surface area contributed by atoms with E-state index in [1.54, 1.807) is 48.5 Å². The Morgan fingerprint density at radius 2 is 1.16 bits per heavy atom. The van der Waals surface area contributed by atoms with Crippen LogP contribution in [0.2, 0.25) is 0 Å². The normalized spacial score (nSPS) is 12.5. The minimum absolute atomic E-state index is 0.157. The molecule has 0 aliphatic rings. The number of benzene rings is 3. The zero-order chi connectivity index (χ0) is 17.7. The zero-order valence-electron chi connectivity index (χ0n) is 13.6. The molecule has 4 heteroatoms. The molecule has 3 aromatic rings. The third-order valence-corrected chi connectivity index (χ3v) is 7.66. The SMILES string of the molecule is O=C([O-])C(Cc1ccccc1)P(=O)(c1ccccc1)c1ccccc1. The summed E-state index contributed by atoms with van der Waals surface area (Å²) in [6, 6.07) is 26.9. The number of hydrogen-bond acceptors (Lipinski definition) is 3. The Hall–Kier alpha value is -2.64. The summed E-state index contributed by atoms with van der Waals surface area (Å²) in [6.45, 7) is 0. The average molecular weight is 349 g/mol. The van der Waals surface area contributed by atoms with Crippen molar-refractivity contribution in [2.24, 2.45) is 0 Å². The number of rotatable bonds is 6. The first-order valence-corrected chi connectivity index (χ1v) is 9.85. The second-order valence-electron chi connectivity index (χ2n) is 5.85. The Morgan fingerprint density at radius 3 is 1.56 bits per heavy atom. The van der Waals surface area contributed by atoms with E-state index in [2.05, 4.69) is 0 Å². The van der Waals surface area contributed by atoms with Crippen molar-refractivity contribution in [2.45, 2.75) is 12.1 Å². The minimum atomic E-state index is -3.42. The monoisotopic (exact) mass is 349 g/mol. The topological polar surface area (TPSA) is 57.2 Å². The summed E-state index contributed by atoms with van der Waals surface area (Å²) in [7, 11) is -3.42. The van der Waals surface area contributed by atoms with Gasteiger partial charge >= 0.3 is 0 Å². The van der Waals surface area contributed by atoms with Crippen LogP contribution in [0, 0.1) is 0 Å². The van der Waals surface area contributed by atoms with Crippen LogP contribution in [-0.4, -0.2) is 11.6 Å². The highest BCUT2D eigenvalue weighted by molar-refractivity contribution is 7.80. The lowest BCUT2D eigenvalue weighted by atomic mass is 10.1. The summed E-state index contributed by atoms with van der Waals surface area (Å²) in [5.74, 6) is -1.29. The van der Waals surface area contributed by atoms with Crippen molar-refractivity contribution in [3.05, 3.63) is 96.6 Å². The smallest absolute Gasteiger partial charge is 0.151 e. The van der Waals surface area contributed by atoms with Crippen LogP contribution in [0.25, 0.3) is 0 Å². The molecular weight excluding hydrogens is 331 g/mol. The highest BCUT2D eigenvalue weighted by atomic mass is 31.2. The molecule has 0 radical (unpaired) electrons. The highest BCUT2D eigenvalue weighted by Crippen LogP contribution is 2.49. The lowest BCUT2D eigenvalue weighted by molar-refractivity contribution is -0.305. The Morgan fingerprint density at radius 1 is 0.760 bits per heavy atom. The molecule has 0 N–H and O–H groups in total. The Labute approximate surface area is 147 Å². The molecule has 0 saturated heterocycles. The second-order valence-corrected chi connectivity index (χ2v) is 8.83. The molecule has 3 nitrogen and oxygen atoms in total. The van der Waals surface area contributed by atoms with E-state index in [4.69, 9.17) is 0 Å². The quantitative estimate of drug-likeness (QED) is 0.642. The molecule has 1 unspecified atom stereocenters. The molecular formula is C21H18O3P-. The number of hydrogen-bond donors (Lipinski definition) is 0. The van der Waals surface area contributed by atoms with Crippen LogP contribution in [0.3, 0.4) is 0 Å². The van der Waals surface area contributed by atoms with Gasteiger partial charge in [-0.15, -0.1) is 0 Å². The predicted octanol–water partition coefficient (Wildman–Crippen LogP) is 2.36. The van der Waals surface area contributed by atoms with Gasteiger partial charge in [0.25, 0.3) is 0 Å². The van der Waals surface area contributed by atoms with E-state index in [1.807, 2.05) is 42.5 Å². The maximum absolute atomic E-state index is 14.1. The van der Waals surface area contributed by atoms with Crippen LogP contribution < -0.4 is 15.7 Å². The van der Waals surface area contributed by atoms with Crippen molar-refractivity contribution in [1.82, 2.24) is 0 Å². The van der Waals surface area contributed by atoms with Crippen LogP contribution in [0.15, 0.2) is 91.0 Å². The van der Waals surface area contributed by atoms with Gasteiger partial charge < -0.3 is 14.5 Å². The highest BCUT2D eigenvalue weighted by Gasteiger charge is 2.37. The maximum Gasteiger partial charge on any atom is 0.151 e.